The van der Waals surface area contributed by atoms with Crippen molar-refractivity contribution in [3.05, 3.63) is 35.4 Å². The monoisotopic (exact) mass is 311 g/mol. The van der Waals surface area contributed by atoms with Crippen molar-refractivity contribution in [2.45, 2.75) is 50.4 Å². The molecule has 122 valence electrons. The molecule has 2 atom stereocenters. The van der Waals surface area contributed by atoms with Crippen LogP contribution in [0.25, 0.3) is 0 Å². The molecule has 22 heavy (non-hydrogen) atoms. The van der Waals surface area contributed by atoms with Crippen molar-refractivity contribution in [1.82, 2.24) is 4.90 Å². The summed E-state index contributed by atoms with van der Waals surface area (Å²) in [5.74, 6) is -1.31. The lowest BCUT2D eigenvalue weighted by Crippen LogP contribution is -2.49. The second-order valence-corrected chi connectivity index (χ2v) is 6.52. The number of hydrogen-bond acceptors (Lipinski definition) is 3. The fraction of sp³-hybridized carbons (Fsp3) is 0.647. The van der Waals surface area contributed by atoms with Gasteiger partial charge in [0.05, 0.1) is 17.3 Å². The van der Waals surface area contributed by atoms with Crippen LogP contribution in [0.5, 0.6) is 0 Å². The summed E-state index contributed by atoms with van der Waals surface area (Å²) < 4.78 is 33.5. The molecule has 0 unspecified atom stereocenters. The third-order valence-corrected chi connectivity index (χ3v) is 5.03. The summed E-state index contributed by atoms with van der Waals surface area (Å²) in [5, 5.41) is 10.7. The number of benzene rings is 1. The first-order valence-electron chi connectivity index (χ1n) is 8.02. The Hall–Kier alpha value is -1.04. The van der Waals surface area contributed by atoms with E-state index in [4.69, 9.17) is 4.74 Å². The molecule has 2 aliphatic rings. The van der Waals surface area contributed by atoms with Gasteiger partial charge >= 0.3 is 0 Å². The molecule has 0 bridgehead atoms. The fourth-order valence-corrected chi connectivity index (χ4v) is 3.76. The largest absolute Gasteiger partial charge is 0.385 e. The fourth-order valence-electron chi connectivity index (χ4n) is 3.76. The van der Waals surface area contributed by atoms with Gasteiger partial charge < -0.3 is 9.84 Å². The summed E-state index contributed by atoms with van der Waals surface area (Å²) in [7, 11) is 0. The second kappa shape index (κ2) is 6.22. The van der Waals surface area contributed by atoms with E-state index in [-0.39, 0.29) is 11.7 Å². The first kappa shape index (κ1) is 15.8. The van der Waals surface area contributed by atoms with Gasteiger partial charge in [0, 0.05) is 25.7 Å². The van der Waals surface area contributed by atoms with Crippen LogP contribution < -0.4 is 0 Å². The average Bonchev–Trinajstić information content (AvgIpc) is 2.47. The molecule has 2 fully saturated rings. The Morgan fingerprint density at radius 1 is 1.23 bits per heavy atom. The third-order valence-electron chi connectivity index (χ3n) is 5.03. The minimum atomic E-state index is -1.40. The highest BCUT2D eigenvalue weighted by Crippen LogP contribution is 2.37. The summed E-state index contributed by atoms with van der Waals surface area (Å²) in [6.07, 6.45) is 2.93. The maximum atomic E-state index is 14.0. The SMILES string of the molecule is C[C@@H]1C[C@@H](N2CCC(O)(c3c(F)cccc3F)CC2)CCO1. The van der Waals surface area contributed by atoms with Crippen molar-refractivity contribution in [3.8, 4) is 0 Å². The van der Waals surface area contributed by atoms with E-state index in [2.05, 4.69) is 11.8 Å². The van der Waals surface area contributed by atoms with Gasteiger partial charge in [-0.25, -0.2) is 8.78 Å². The summed E-state index contributed by atoms with van der Waals surface area (Å²) in [5.41, 5.74) is -1.57. The van der Waals surface area contributed by atoms with Gasteiger partial charge in [0.1, 0.15) is 11.6 Å². The highest BCUT2D eigenvalue weighted by atomic mass is 19.1. The number of halogens is 2. The minimum Gasteiger partial charge on any atom is -0.385 e. The molecule has 0 aliphatic carbocycles. The Labute approximate surface area is 129 Å². The summed E-state index contributed by atoms with van der Waals surface area (Å²) in [4.78, 5) is 2.33. The Kier molecular flexibility index (Phi) is 4.48. The maximum Gasteiger partial charge on any atom is 0.132 e. The zero-order valence-corrected chi connectivity index (χ0v) is 12.9. The smallest absolute Gasteiger partial charge is 0.132 e. The van der Waals surface area contributed by atoms with E-state index < -0.39 is 17.2 Å². The highest BCUT2D eigenvalue weighted by molar-refractivity contribution is 5.27. The zero-order chi connectivity index (χ0) is 15.7. The predicted molar refractivity (Wildman–Crippen MR) is 79.5 cm³/mol. The quantitative estimate of drug-likeness (QED) is 0.911. The number of rotatable bonds is 2. The van der Waals surface area contributed by atoms with Crippen LogP contribution >= 0.6 is 0 Å². The topological polar surface area (TPSA) is 32.7 Å². The van der Waals surface area contributed by atoms with Crippen LogP contribution in [0.3, 0.4) is 0 Å². The number of ether oxygens (including phenoxy) is 1. The van der Waals surface area contributed by atoms with Crippen LogP contribution in [-0.2, 0) is 10.3 Å². The molecule has 2 aliphatic heterocycles. The van der Waals surface area contributed by atoms with Crippen molar-refractivity contribution in [1.29, 1.82) is 0 Å². The third kappa shape index (κ3) is 3.03. The minimum absolute atomic E-state index is 0.171. The number of likely N-dealkylation sites (tertiary alicyclic amines) is 1. The van der Waals surface area contributed by atoms with E-state index in [0.717, 1.165) is 19.4 Å². The van der Waals surface area contributed by atoms with Crippen molar-refractivity contribution < 1.29 is 18.6 Å². The zero-order valence-electron chi connectivity index (χ0n) is 12.9. The molecule has 1 aromatic carbocycles. The van der Waals surface area contributed by atoms with Gasteiger partial charge in [0.15, 0.2) is 0 Å². The lowest BCUT2D eigenvalue weighted by Gasteiger charge is -2.44. The van der Waals surface area contributed by atoms with Gasteiger partial charge in [-0.05, 0) is 44.7 Å². The van der Waals surface area contributed by atoms with Gasteiger partial charge in [-0.15, -0.1) is 0 Å². The van der Waals surface area contributed by atoms with Gasteiger partial charge in [0.2, 0.25) is 0 Å². The van der Waals surface area contributed by atoms with Crippen LogP contribution in [0.2, 0.25) is 0 Å². The molecular formula is C17H23F2NO2. The van der Waals surface area contributed by atoms with Crippen molar-refractivity contribution in [2.75, 3.05) is 19.7 Å². The van der Waals surface area contributed by atoms with Crippen LogP contribution in [0, 0.1) is 11.6 Å². The molecule has 2 heterocycles. The molecular weight excluding hydrogens is 288 g/mol. The van der Waals surface area contributed by atoms with Crippen LogP contribution in [-0.4, -0.2) is 41.8 Å². The van der Waals surface area contributed by atoms with E-state index in [0.29, 0.717) is 32.0 Å². The van der Waals surface area contributed by atoms with Gasteiger partial charge in [0.25, 0.3) is 0 Å². The van der Waals surface area contributed by atoms with Crippen molar-refractivity contribution in [2.24, 2.45) is 0 Å². The Bertz CT molecular complexity index is 509. The average molecular weight is 311 g/mol. The standard InChI is InChI=1S/C17H23F2NO2/c1-12-11-13(5-10-22-12)20-8-6-17(21,7-9-20)16-14(18)3-2-4-15(16)19/h2-4,12-13,21H,5-11H2,1H3/t12-,13+/m1/s1. The first-order chi connectivity index (χ1) is 10.5. The first-order valence-corrected chi connectivity index (χ1v) is 8.02. The normalized spacial score (nSPS) is 29.5. The Balaban J connectivity index is 1.70. The molecule has 5 heteroatoms. The molecule has 1 N–H and O–H groups in total. The maximum absolute atomic E-state index is 14.0. The molecule has 0 aromatic heterocycles. The van der Waals surface area contributed by atoms with E-state index in [1.807, 2.05) is 0 Å². The molecule has 3 nitrogen and oxygen atoms in total. The van der Waals surface area contributed by atoms with Crippen molar-refractivity contribution >= 4 is 0 Å². The molecule has 3 rings (SSSR count). The number of piperidine rings is 1. The van der Waals surface area contributed by atoms with Gasteiger partial charge in [-0.1, -0.05) is 6.07 Å². The van der Waals surface area contributed by atoms with E-state index in [9.17, 15) is 13.9 Å². The molecule has 0 saturated carbocycles. The highest BCUT2D eigenvalue weighted by Gasteiger charge is 2.40. The van der Waals surface area contributed by atoms with Gasteiger partial charge in [-0.2, -0.15) is 0 Å². The number of nitrogens with zero attached hydrogens (tertiary/aromatic N) is 1. The summed E-state index contributed by atoms with van der Waals surface area (Å²) in [6, 6.07) is 4.20. The van der Waals surface area contributed by atoms with Crippen molar-refractivity contribution in [3.63, 3.8) is 0 Å². The van der Waals surface area contributed by atoms with Crippen LogP contribution in [0.4, 0.5) is 8.78 Å². The van der Waals surface area contributed by atoms with E-state index in [1.165, 1.54) is 18.2 Å². The van der Waals surface area contributed by atoms with Gasteiger partial charge in [-0.3, -0.25) is 4.90 Å². The molecule has 0 amide bonds. The number of hydrogen-bond donors (Lipinski definition) is 1. The number of aliphatic hydroxyl groups is 1. The van der Waals surface area contributed by atoms with Crippen LogP contribution in [0.15, 0.2) is 18.2 Å². The molecule has 0 radical (unpaired) electrons. The Morgan fingerprint density at radius 2 is 1.86 bits per heavy atom. The molecule has 0 spiro atoms. The second-order valence-electron chi connectivity index (χ2n) is 6.52. The predicted octanol–water partition coefficient (Wildman–Crippen LogP) is 2.82. The van der Waals surface area contributed by atoms with E-state index >= 15 is 0 Å². The molecule has 1 aromatic rings. The summed E-state index contributed by atoms with van der Waals surface area (Å²) in [6.45, 7) is 4.14. The molecule has 2 saturated heterocycles. The Morgan fingerprint density at radius 3 is 2.45 bits per heavy atom. The summed E-state index contributed by atoms with van der Waals surface area (Å²) >= 11 is 0. The van der Waals surface area contributed by atoms with Crippen LogP contribution in [0.1, 0.15) is 38.2 Å². The lowest BCUT2D eigenvalue weighted by molar-refractivity contribution is -0.0661. The lowest BCUT2D eigenvalue weighted by atomic mass is 9.83. The van der Waals surface area contributed by atoms with E-state index in [1.54, 1.807) is 0 Å².